The van der Waals surface area contributed by atoms with Crippen molar-refractivity contribution < 1.29 is 13.2 Å². The lowest BCUT2D eigenvalue weighted by molar-refractivity contribution is 0.409. The van der Waals surface area contributed by atoms with E-state index >= 15 is 0 Å². The van der Waals surface area contributed by atoms with Gasteiger partial charge in [-0.2, -0.15) is 0 Å². The second-order valence-corrected chi connectivity index (χ2v) is 7.01. The molecule has 5 heteroatoms. The minimum atomic E-state index is -3.33. The van der Waals surface area contributed by atoms with Crippen molar-refractivity contribution in [3.63, 3.8) is 0 Å². The highest BCUT2D eigenvalue weighted by molar-refractivity contribution is 7.88. The standard InChI is InChI=1S/C17H21NO3S/c1-14-8-9-17(21-2)16(12-14)10-11-18-22(19,20)13-15-6-4-3-5-7-15/h3-9,12,18H,10-11,13H2,1-2H3. The van der Waals surface area contributed by atoms with E-state index in [2.05, 4.69) is 4.72 Å². The Morgan fingerprint density at radius 2 is 1.82 bits per heavy atom. The van der Waals surface area contributed by atoms with Crippen molar-refractivity contribution in [2.75, 3.05) is 13.7 Å². The SMILES string of the molecule is COc1ccc(C)cc1CCNS(=O)(=O)Cc1ccccc1. The molecule has 0 spiro atoms. The Balaban J connectivity index is 1.94. The maximum Gasteiger partial charge on any atom is 0.215 e. The molecule has 0 unspecified atom stereocenters. The summed E-state index contributed by atoms with van der Waals surface area (Å²) in [6.45, 7) is 2.36. The van der Waals surface area contributed by atoms with Crippen LogP contribution in [-0.4, -0.2) is 22.1 Å². The summed E-state index contributed by atoms with van der Waals surface area (Å²) in [7, 11) is -1.71. The van der Waals surface area contributed by atoms with E-state index in [9.17, 15) is 8.42 Å². The Bertz CT molecular complexity index is 712. The fourth-order valence-corrected chi connectivity index (χ4v) is 3.44. The number of ether oxygens (including phenoxy) is 1. The van der Waals surface area contributed by atoms with Crippen LogP contribution >= 0.6 is 0 Å². The smallest absolute Gasteiger partial charge is 0.215 e. The fourth-order valence-electron chi connectivity index (χ4n) is 2.29. The summed E-state index contributed by atoms with van der Waals surface area (Å²) in [6, 6.07) is 15.1. The molecule has 118 valence electrons. The number of sulfonamides is 1. The molecule has 0 aliphatic carbocycles. The molecule has 0 aromatic heterocycles. The van der Waals surface area contributed by atoms with Crippen molar-refractivity contribution in [2.24, 2.45) is 0 Å². The minimum absolute atomic E-state index is 0.00120. The Hall–Kier alpha value is -1.85. The van der Waals surface area contributed by atoms with Crippen molar-refractivity contribution in [1.82, 2.24) is 4.72 Å². The van der Waals surface area contributed by atoms with Gasteiger partial charge >= 0.3 is 0 Å². The Morgan fingerprint density at radius 3 is 2.50 bits per heavy atom. The van der Waals surface area contributed by atoms with Crippen molar-refractivity contribution in [1.29, 1.82) is 0 Å². The van der Waals surface area contributed by atoms with Crippen LogP contribution < -0.4 is 9.46 Å². The fraction of sp³-hybridized carbons (Fsp3) is 0.294. The molecule has 4 nitrogen and oxygen atoms in total. The van der Waals surface area contributed by atoms with E-state index in [-0.39, 0.29) is 5.75 Å². The number of hydrogen-bond donors (Lipinski definition) is 1. The summed E-state index contributed by atoms with van der Waals surface area (Å²) < 4.78 is 32.1. The third kappa shape index (κ3) is 4.86. The molecule has 0 aliphatic rings. The highest BCUT2D eigenvalue weighted by Gasteiger charge is 2.11. The van der Waals surface area contributed by atoms with Crippen molar-refractivity contribution in [3.05, 3.63) is 65.2 Å². The lowest BCUT2D eigenvalue weighted by Gasteiger charge is -2.11. The summed E-state index contributed by atoms with van der Waals surface area (Å²) in [6.07, 6.45) is 0.596. The number of methoxy groups -OCH3 is 1. The maximum atomic E-state index is 12.1. The highest BCUT2D eigenvalue weighted by atomic mass is 32.2. The molecule has 0 amide bonds. The molecule has 0 heterocycles. The van der Waals surface area contributed by atoms with Gasteiger partial charge in [0.1, 0.15) is 5.75 Å². The Labute approximate surface area is 132 Å². The number of rotatable bonds is 7. The number of aryl methyl sites for hydroxylation is 1. The average Bonchev–Trinajstić information content (AvgIpc) is 2.48. The molecule has 2 aromatic carbocycles. The zero-order chi connectivity index (χ0) is 16.0. The van der Waals surface area contributed by atoms with Crippen LogP contribution in [0.3, 0.4) is 0 Å². The Morgan fingerprint density at radius 1 is 1.09 bits per heavy atom. The Kier molecular flexibility index (Phi) is 5.57. The van der Waals surface area contributed by atoms with E-state index in [1.807, 2.05) is 55.5 Å². The lowest BCUT2D eigenvalue weighted by Crippen LogP contribution is -2.27. The van der Waals surface area contributed by atoms with Gasteiger partial charge in [0.25, 0.3) is 0 Å². The van der Waals surface area contributed by atoms with Crippen molar-refractivity contribution in [2.45, 2.75) is 19.1 Å². The maximum absolute atomic E-state index is 12.1. The third-order valence-electron chi connectivity index (χ3n) is 3.35. The van der Waals surface area contributed by atoms with Crippen LogP contribution in [0.5, 0.6) is 5.75 Å². The number of hydrogen-bond acceptors (Lipinski definition) is 3. The van der Waals surface area contributed by atoms with Gasteiger partial charge in [0, 0.05) is 6.54 Å². The van der Waals surface area contributed by atoms with Crippen molar-refractivity contribution in [3.8, 4) is 5.75 Å². The van der Waals surface area contributed by atoms with Gasteiger partial charge in [-0.25, -0.2) is 13.1 Å². The second-order valence-electron chi connectivity index (χ2n) is 5.20. The van der Waals surface area contributed by atoms with Crippen LogP contribution in [0.15, 0.2) is 48.5 Å². The molecule has 2 rings (SSSR count). The van der Waals surface area contributed by atoms with Gasteiger partial charge in [-0.1, -0.05) is 48.0 Å². The summed E-state index contributed by atoms with van der Waals surface area (Å²) in [5.41, 5.74) is 2.91. The normalized spacial score (nSPS) is 11.4. The monoisotopic (exact) mass is 319 g/mol. The van der Waals surface area contributed by atoms with E-state index in [1.165, 1.54) is 0 Å². The van der Waals surface area contributed by atoms with Crippen LogP contribution in [0.2, 0.25) is 0 Å². The topological polar surface area (TPSA) is 55.4 Å². The molecule has 0 radical (unpaired) electrons. The quantitative estimate of drug-likeness (QED) is 0.853. The van der Waals surface area contributed by atoms with Gasteiger partial charge in [0.2, 0.25) is 10.0 Å². The molecule has 0 aliphatic heterocycles. The van der Waals surface area contributed by atoms with Gasteiger partial charge in [-0.3, -0.25) is 0 Å². The van der Waals surface area contributed by atoms with E-state index in [1.54, 1.807) is 7.11 Å². The van der Waals surface area contributed by atoms with Gasteiger partial charge in [-0.15, -0.1) is 0 Å². The first-order chi connectivity index (χ1) is 10.5. The molecular formula is C17H21NO3S. The highest BCUT2D eigenvalue weighted by Crippen LogP contribution is 2.19. The van der Waals surface area contributed by atoms with Gasteiger partial charge < -0.3 is 4.74 Å². The predicted octanol–water partition coefficient (Wildman–Crippen LogP) is 2.67. The van der Waals surface area contributed by atoms with E-state index in [0.717, 1.165) is 22.4 Å². The molecular weight excluding hydrogens is 298 g/mol. The van der Waals surface area contributed by atoms with E-state index in [0.29, 0.717) is 13.0 Å². The zero-order valence-electron chi connectivity index (χ0n) is 12.9. The third-order valence-corrected chi connectivity index (χ3v) is 4.71. The van der Waals surface area contributed by atoms with Crippen LogP contribution in [0, 0.1) is 6.92 Å². The molecule has 0 saturated heterocycles. The van der Waals surface area contributed by atoms with Gasteiger partial charge in [-0.05, 0) is 30.5 Å². The molecule has 0 atom stereocenters. The summed E-state index contributed by atoms with van der Waals surface area (Å²) in [4.78, 5) is 0. The number of benzene rings is 2. The molecule has 2 aromatic rings. The minimum Gasteiger partial charge on any atom is -0.496 e. The van der Waals surface area contributed by atoms with Crippen LogP contribution in [0.4, 0.5) is 0 Å². The molecule has 1 N–H and O–H groups in total. The summed E-state index contributed by atoms with van der Waals surface area (Å²) in [5.74, 6) is 0.784. The van der Waals surface area contributed by atoms with Crippen LogP contribution in [-0.2, 0) is 22.2 Å². The predicted molar refractivity (Wildman–Crippen MR) is 88.5 cm³/mol. The summed E-state index contributed by atoms with van der Waals surface area (Å²) >= 11 is 0. The molecule has 22 heavy (non-hydrogen) atoms. The largest absolute Gasteiger partial charge is 0.496 e. The molecule has 0 saturated carbocycles. The van der Waals surface area contributed by atoms with Crippen molar-refractivity contribution >= 4 is 10.0 Å². The summed E-state index contributed by atoms with van der Waals surface area (Å²) in [5, 5.41) is 0. The first kappa shape index (κ1) is 16.5. The molecule has 0 bridgehead atoms. The van der Waals surface area contributed by atoms with E-state index < -0.39 is 10.0 Å². The first-order valence-corrected chi connectivity index (χ1v) is 8.80. The van der Waals surface area contributed by atoms with Crippen LogP contribution in [0.1, 0.15) is 16.7 Å². The van der Waals surface area contributed by atoms with Gasteiger partial charge in [0.05, 0.1) is 12.9 Å². The second kappa shape index (κ2) is 7.42. The lowest BCUT2D eigenvalue weighted by atomic mass is 10.1. The number of nitrogens with one attached hydrogen (secondary N) is 1. The first-order valence-electron chi connectivity index (χ1n) is 7.15. The van der Waals surface area contributed by atoms with Gasteiger partial charge in [0.15, 0.2) is 0 Å². The van der Waals surface area contributed by atoms with E-state index in [4.69, 9.17) is 4.74 Å². The average molecular weight is 319 g/mol. The zero-order valence-corrected chi connectivity index (χ0v) is 13.7. The van der Waals surface area contributed by atoms with Crippen LogP contribution in [0.25, 0.3) is 0 Å². The molecule has 0 fully saturated rings.